The smallest absolute Gasteiger partial charge is 0.293 e. The summed E-state index contributed by atoms with van der Waals surface area (Å²) in [6.07, 6.45) is 1.80. The summed E-state index contributed by atoms with van der Waals surface area (Å²) < 4.78 is 19.2. The molecule has 138 valence electrons. The molecule has 7 heteroatoms. The van der Waals surface area contributed by atoms with Gasteiger partial charge in [-0.25, -0.2) is 8.51 Å². The van der Waals surface area contributed by atoms with Crippen LogP contribution in [0.25, 0.3) is 0 Å². The van der Waals surface area contributed by atoms with Gasteiger partial charge in [-0.2, -0.15) is 0 Å². The van der Waals surface area contributed by atoms with Crippen LogP contribution in [0.4, 0.5) is 5.69 Å². The largest absolute Gasteiger partial charge is 0.463 e. The number of hydrogen-bond donors (Lipinski definition) is 0. The van der Waals surface area contributed by atoms with Crippen molar-refractivity contribution >= 4 is 34.7 Å². The van der Waals surface area contributed by atoms with Crippen molar-refractivity contribution in [2.75, 3.05) is 30.9 Å². The van der Waals surface area contributed by atoms with Crippen LogP contribution in [0.5, 0.6) is 0 Å². The number of piperidine rings is 1. The van der Waals surface area contributed by atoms with Crippen LogP contribution >= 0.6 is 11.6 Å². The van der Waals surface area contributed by atoms with Gasteiger partial charge in [0.15, 0.2) is 0 Å². The van der Waals surface area contributed by atoms with E-state index in [1.165, 1.54) is 0 Å². The van der Waals surface area contributed by atoms with Crippen molar-refractivity contribution < 1.29 is 13.7 Å². The van der Waals surface area contributed by atoms with E-state index < -0.39 is 11.0 Å². The molecule has 1 atom stereocenters. The predicted octanol–water partition coefficient (Wildman–Crippen LogP) is 2.98. The molecule has 1 unspecified atom stereocenters. The molecule has 2 rings (SSSR count). The van der Waals surface area contributed by atoms with Gasteiger partial charge in [0, 0.05) is 42.3 Å². The molecule has 0 aliphatic carbocycles. The Kier molecular flexibility index (Phi) is 7.47. The molecule has 0 amide bonds. The number of nitrogens with zero attached hydrogens (tertiary/aromatic N) is 2. The Bertz CT molecular complexity index is 645. The first kappa shape index (κ1) is 19.9. The second-order valence-electron chi connectivity index (χ2n) is 6.23. The number of carbonyl (C=O) groups excluding carboxylic acids is 1. The van der Waals surface area contributed by atoms with Crippen molar-refractivity contribution in [3.8, 4) is 0 Å². The summed E-state index contributed by atoms with van der Waals surface area (Å²) in [6, 6.07) is 6.52. The number of rotatable bonds is 8. The number of anilines is 1. The number of ether oxygens (including phenoxy) is 1. The molecule has 1 heterocycles. The lowest BCUT2D eigenvalue weighted by atomic mass is 10.0. The van der Waals surface area contributed by atoms with Crippen molar-refractivity contribution in [3.63, 3.8) is 0 Å². The molecule has 0 spiro atoms. The van der Waals surface area contributed by atoms with Gasteiger partial charge in [-0.05, 0) is 25.8 Å². The van der Waals surface area contributed by atoms with E-state index in [-0.39, 0.29) is 12.5 Å². The number of aryl methyl sites for hydroxylation is 1. The Morgan fingerprint density at radius 1 is 1.48 bits per heavy atom. The first-order valence-corrected chi connectivity index (χ1v) is 9.90. The Hall–Kier alpha value is -1.37. The minimum atomic E-state index is -1.21. The van der Waals surface area contributed by atoms with Gasteiger partial charge in [0.2, 0.25) is 0 Å². The molecule has 5 nitrogen and oxygen atoms in total. The highest BCUT2D eigenvalue weighted by Crippen LogP contribution is 2.28. The van der Waals surface area contributed by atoms with Crippen LogP contribution in [0.2, 0.25) is 0 Å². The molecular formula is C18H25ClN2O3S. The summed E-state index contributed by atoms with van der Waals surface area (Å²) in [5, 5.41) is 0. The Labute approximate surface area is 157 Å². The average Bonchev–Trinajstić information content (AvgIpc) is 2.64. The summed E-state index contributed by atoms with van der Waals surface area (Å²) in [5.74, 6) is 0.218. The van der Waals surface area contributed by atoms with Crippen LogP contribution in [0.3, 0.4) is 0 Å². The fraction of sp³-hybridized carbons (Fsp3) is 0.500. The summed E-state index contributed by atoms with van der Waals surface area (Å²) >= 11 is 5.73. The molecule has 1 aliphatic heterocycles. The third-order valence-electron chi connectivity index (χ3n) is 4.52. The minimum absolute atomic E-state index is 0.218. The van der Waals surface area contributed by atoms with Crippen LogP contribution in [-0.4, -0.2) is 47.0 Å². The van der Waals surface area contributed by atoms with E-state index in [9.17, 15) is 9.00 Å². The van der Waals surface area contributed by atoms with E-state index in [1.807, 2.05) is 17.3 Å². The standard InChI is InChI=1S/C18H25ClN2O3S/c1-14-4-5-18(16(10-14)12-24-13-22)20(3)17-6-8-21(9-7-17)25(23)15(2)11-19/h4-5,10,13,17H,2,6-9,11-12H2,1,3H3. The molecule has 1 saturated heterocycles. The number of hydrogen-bond acceptors (Lipinski definition) is 4. The van der Waals surface area contributed by atoms with Crippen molar-refractivity contribution in [2.24, 2.45) is 0 Å². The van der Waals surface area contributed by atoms with Gasteiger partial charge in [0.05, 0.1) is 5.88 Å². The second-order valence-corrected chi connectivity index (χ2v) is 8.09. The maximum absolute atomic E-state index is 12.3. The first-order valence-electron chi connectivity index (χ1n) is 8.26. The second kappa shape index (κ2) is 9.36. The molecular weight excluding hydrogens is 360 g/mol. The molecule has 1 aromatic rings. The Balaban J connectivity index is 2.05. The maximum atomic E-state index is 12.3. The maximum Gasteiger partial charge on any atom is 0.293 e. The highest BCUT2D eigenvalue weighted by Gasteiger charge is 2.27. The zero-order valence-electron chi connectivity index (χ0n) is 14.7. The van der Waals surface area contributed by atoms with Gasteiger partial charge < -0.3 is 9.64 Å². The average molecular weight is 385 g/mol. The topological polar surface area (TPSA) is 49.9 Å². The molecule has 1 fully saturated rings. The Morgan fingerprint density at radius 2 is 2.16 bits per heavy atom. The molecule has 0 aromatic heterocycles. The monoisotopic (exact) mass is 384 g/mol. The Morgan fingerprint density at radius 3 is 2.76 bits per heavy atom. The van der Waals surface area contributed by atoms with Crippen molar-refractivity contribution in [2.45, 2.75) is 32.4 Å². The van der Waals surface area contributed by atoms with Crippen LogP contribution in [0.15, 0.2) is 29.7 Å². The zero-order chi connectivity index (χ0) is 18.4. The number of halogens is 1. The lowest BCUT2D eigenvalue weighted by molar-refractivity contribution is -0.129. The summed E-state index contributed by atoms with van der Waals surface area (Å²) in [4.78, 5) is 13.3. The van der Waals surface area contributed by atoms with Gasteiger partial charge in [-0.15, -0.1) is 11.6 Å². The highest BCUT2D eigenvalue weighted by atomic mass is 35.5. The molecule has 0 radical (unpaired) electrons. The van der Waals surface area contributed by atoms with E-state index in [0.29, 0.717) is 17.4 Å². The van der Waals surface area contributed by atoms with E-state index in [0.717, 1.165) is 42.7 Å². The van der Waals surface area contributed by atoms with E-state index >= 15 is 0 Å². The number of allylic oxidation sites excluding steroid dienone is 1. The van der Waals surface area contributed by atoms with Gasteiger partial charge in [0.1, 0.15) is 17.6 Å². The quantitative estimate of drug-likeness (QED) is 0.510. The predicted molar refractivity (Wildman–Crippen MR) is 103 cm³/mol. The fourth-order valence-corrected chi connectivity index (χ4v) is 4.40. The van der Waals surface area contributed by atoms with Crippen LogP contribution < -0.4 is 4.90 Å². The van der Waals surface area contributed by atoms with Gasteiger partial charge in [-0.1, -0.05) is 24.3 Å². The van der Waals surface area contributed by atoms with Gasteiger partial charge >= 0.3 is 0 Å². The highest BCUT2D eigenvalue weighted by molar-refractivity contribution is 7.86. The number of carbonyl (C=O) groups is 1. The van der Waals surface area contributed by atoms with Crippen molar-refractivity contribution in [1.29, 1.82) is 0 Å². The number of alkyl halides is 1. The van der Waals surface area contributed by atoms with Crippen LogP contribution in [0.1, 0.15) is 24.0 Å². The molecule has 0 saturated carbocycles. The zero-order valence-corrected chi connectivity index (χ0v) is 16.3. The molecule has 1 aromatic carbocycles. The van der Waals surface area contributed by atoms with E-state index in [2.05, 4.69) is 30.7 Å². The van der Waals surface area contributed by atoms with Crippen LogP contribution in [-0.2, 0) is 27.1 Å². The minimum Gasteiger partial charge on any atom is -0.463 e. The summed E-state index contributed by atoms with van der Waals surface area (Å²) in [5.41, 5.74) is 3.19. The normalized spacial score (nSPS) is 17.1. The van der Waals surface area contributed by atoms with E-state index in [1.54, 1.807) is 0 Å². The van der Waals surface area contributed by atoms with Gasteiger partial charge in [-0.3, -0.25) is 4.79 Å². The molecule has 1 aliphatic rings. The van der Waals surface area contributed by atoms with Gasteiger partial charge in [0.25, 0.3) is 6.47 Å². The molecule has 0 bridgehead atoms. The third kappa shape index (κ3) is 5.06. The lowest BCUT2D eigenvalue weighted by Gasteiger charge is -2.38. The summed E-state index contributed by atoms with van der Waals surface area (Å²) in [6.45, 7) is 8.01. The van der Waals surface area contributed by atoms with Crippen LogP contribution in [0, 0.1) is 6.92 Å². The fourth-order valence-electron chi connectivity index (χ4n) is 3.12. The lowest BCUT2D eigenvalue weighted by Crippen LogP contribution is -2.44. The molecule has 25 heavy (non-hydrogen) atoms. The number of benzene rings is 1. The van der Waals surface area contributed by atoms with E-state index in [4.69, 9.17) is 16.3 Å². The van der Waals surface area contributed by atoms with Crippen molar-refractivity contribution in [1.82, 2.24) is 4.31 Å². The SMILES string of the molecule is C=C(CCl)S(=O)N1CCC(N(C)c2ccc(C)cc2COC=O)CC1. The third-order valence-corrected chi connectivity index (χ3v) is 6.48. The summed E-state index contributed by atoms with van der Waals surface area (Å²) in [7, 11) is 0.853. The molecule has 0 N–H and O–H groups in total. The van der Waals surface area contributed by atoms with Crippen molar-refractivity contribution in [3.05, 3.63) is 40.8 Å². The first-order chi connectivity index (χ1) is 12.0.